The molecule has 0 aromatic carbocycles. The monoisotopic (exact) mass is 514 g/mol. The Kier molecular flexibility index (Phi) is 9.46. The van der Waals surface area contributed by atoms with E-state index in [4.69, 9.17) is 14.2 Å². The maximum absolute atomic E-state index is 12.5. The van der Waals surface area contributed by atoms with Crippen molar-refractivity contribution in [2.24, 2.45) is 0 Å². The normalized spacial score (nSPS) is 36.0. The van der Waals surface area contributed by atoms with E-state index in [0.717, 1.165) is 0 Å². The first-order valence-corrected chi connectivity index (χ1v) is 12.6. The predicted molar refractivity (Wildman–Crippen MR) is 129 cm³/mol. The van der Waals surface area contributed by atoms with Crippen LogP contribution in [0, 0.1) is 0 Å². The van der Waals surface area contributed by atoms with Crippen molar-refractivity contribution in [3.63, 3.8) is 0 Å². The molecule has 4 N–H and O–H groups in total. The number of aliphatic hydroxyl groups is 3. The SMILES string of the molecule is CSC=CC(=O)Nc1ccn([C@H]2C[C@@H](O)[C@H](O[C@H]3O[C@H](C)[C@@H](N(C)C)[C@H](O)[C@H]3O)[C@@H](C)O2)c(=O)n1. The average Bonchev–Trinajstić information content (AvgIpc) is 2.77. The fourth-order valence-electron chi connectivity index (χ4n) is 4.42. The van der Waals surface area contributed by atoms with Crippen molar-refractivity contribution >= 4 is 23.5 Å². The van der Waals surface area contributed by atoms with E-state index in [0.29, 0.717) is 0 Å². The number of anilines is 1. The Balaban J connectivity index is 1.65. The second kappa shape index (κ2) is 11.9. The summed E-state index contributed by atoms with van der Waals surface area (Å²) in [6.07, 6.45) is -2.86. The number of nitrogens with one attached hydrogen (secondary N) is 1. The number of likely N-dealkylation sites (N-methyl/N-ethyl adjacent to an activating group) is 1. The van der Waals surface area contributed by atoms with Crippen molar-refractivity contribution in [2.75, 3.05) is 25.7 Å². The third-order valence-electron chi connectivity index (χ3n) is 6.10. The summed E-state index contributed by atoms with van der Waals surface area (Å²) in [5.74, 6) is -0.315. The average molecular weight is 515 g/mol. The lowest BCUT2D eigenvalue weighted by atomic mass is 9.95. The lowest BCUT2D eigenvalue weighted by Gasteiger charge is -2.46. The van der Waals surface area contributed by atoms with E-state index in [1.54, 1.807) is 38.3 Å². The Labute approximate surface area is 207 Å². The van der Waals surface area contributed by atoms with Gasteiger partial charge in [-0.2, -0.15) is 4.98 Å². The molecule has 0 saturated carbocycles. The highest BCUT2D eigenvalue weighted by molar-refractivity contribution is 8.01. The van der Waals surface area contributed by atoms with Gasteiger partial charge in [-0.15, -0.1) is 11.8 Å². The minimum atomic E-state index is -1.32. The molecule has 1 aromatic rings. The summed E-state index contributed by atoms with van der Waals surface area (Å²) in [6, 6.07) is 1.04. The molecule has 2 saturated heterocycles. The highest BCUT2D eigenvalue weighted by Gasteiger charge is 2.47. The molecule has 2 fully saturated rings. The van der Waals surface area contributed by atoms with Crippen LogP contribution < -0.4 is 11.0 Å². The van der Waals surface area contributed by atoms with Gasteiger partial charge in [0.15, 0.2) is 6.29 Å². The third kappa shape index (κ3) is 6.49. The second-order valence-corrected chi connectivity index (χ2v) is 9.62. The molecule has 0 aliphatic carbocycles. The molecule has 2 aliphatic rings. The summed E-state index contributed by atoms with van der Waals surface area (Å²) >= 11 is 1.36. The molecule has 12 nitrogen and oxygen atoms in total. The number of carbonyl (C=O) groups excluding carboxylic acids is 1. The molecular formula is C22H34N4O8S. The van der Waals surface area contributed by atoms with Crippen LogP contribution in [-0.4, -0.2) is 105 Å². The van der Waals surface area contributed by atoms with Gasteiger partial charge in [-0.1, -0.05) is 0 Å². The molecule has 9 atom stereocenters. The van der Waals surface area contributed by atoms with Gasteiger partial charge in [0.1, 0.15) is 30.4 Å². The first-order chi connectivity index (χ1) is 16.5. The number of nitrogens with zero attached hydrogens (tertiary/aromatic N) is 3. The largest absolute Gasteiger partial charge is 0.390 e. The highest BCUT2D eigenvalue weighted by atomic mass is 32.2. The van der Waals surface area contributed by atoms with Gasteiger partial charge in [0.25, 0.3) is 0 Å². The van der Waals surface area contributed by atoms with E-state index in [1.807, 2.05) is 6.26 Å². The number of aromatic nitrogens is 2. The number of rotatable bonds is 7. The van der Waals surface area contributed by atoms with Crippen LogP contribution in [0.5, 0.6) is 0 Å². The van der Waals surface area contributed by atoms with E-state index < -0.39 is 66.8 Å². The first kappa shape index (κ1) is 27.7. The Morgan fingerprint density at radius 2 is 1.97 bits per heavy atom. The zero-order chi connectivity index (χ0) is 25.9. The molecular weight excluding hydrogens is 480 g/mol. The van der Waals surface area contributed by atoms with Crippen molar-refractivity contribution < 1.29 is 34.3 Å². The summed E-state index contributed by atoms with van der Waals surface area (Å²) in [4.78, 5) is 30.0. The van der Waals surface area contributed by atoms with Crippen LogP contribution in [0.4, 0.5) is 5.82 Å². The van der Waals surface area contributed by atoms with Gasteiger partial charge < -0.3 is 39.7 Å². The first-order valence-electron chi connectivity index (χ1n) is 11.3. The van der Waals surface area contributed by atoms with E-state index >= 15 is 0 Å². The lowest BCUT2D eigenvalue weighted by molar-refractivity contribution is -0.322. The highest BCUT2D eigenvalue weighted by Crippen LogP contribution is 2.32. The number of amides is 1. The molecule has 0 unspecified atom stereocenters. The molecule has 3 heterocycles. The molecule has 1 aromatic heterocycles. The number of hydrogen-bond acceptors (Lipinski definition) is 11. The van der Waals surface area contributed by atoms with Crippen LogP contribution in [0.2, 0.25) is 0 Å². The smallest absolute Gasteiger partial charge is 0.351 e. The van der Waals surface area contributed by atoms with Crippen molar-refractivity contribution in [1.29, 1.82) is 0 Å². The standard InChI is InChI=1S/C22H34N4O8S/c1-11-17(25(3)4)18(29)19(30)21(33-11)34-20-12(2)32-16(10-13(20)27)26-8-6-14(24-22(26)31)23-15(28)7-9-35-5/h6-9,11-13,16-21,27,29-30H,10H2,1-5H3,(H,23,24,28,31)/t11-,12-,13-,16-,17-,18+,19-,20-,21-/m1/s1. The van der Waals surface area contributed by atoms with E-state index in [-0.39, 0.29) is 12.2 Å². The minimum absolute atomic E-state index is 0.0139. The Morgan fingerprint density at radius 1 is 1.26 bits per heavy atom. The topological polar surface area (TPSA) is 156 Å². The Bertz CT molecular complexity index is 948. The van der Waals surface area contributed by atoms with Gasteiger partial charge in [-0.3, -0.25) is 9.36 Å². The van der Waals surface area contributed by atoms with E-state index in [2.05, 4.69) is 10.3 Å². The van der Waals surface area contributed by atoms with E-state index in [1.165, 1.54) is 34.7 Å². The summed E-state index contributed by atoms with van der Waals surface area (Å²) < 4.78 is 18.8. The molecule has 0 spiro atoms. The molecule has 0 radical (unpaired) electrons. The van der Waals surface area contributed by atoms with Crippen LogP contribution in [-0.2, 0) is 19.0 Å². The van der Waals surface area contributed by atoms with Gasteiger partial charge in [0.05, 0.1) is 24.4 Å². The summed E-state index contributed by atoms with van der Waals surface area (Å²) in [6.45, 7) is 3.44. The summed E-state index contributed by atoms with van der Waals surface area (Å²) in [5.41, 5.74) is -0.655. The van der Waals surface area contributed by atoms with E-state index in [9.17, 15) is 24.9 Å². The van der Waals surface area contributed by atoms with Gasteiger partial charge in [0.2, 0.25) is 5.91 Å². The zero-order valence-corrected chi connectivity index (χ0v) is 21.2. The molecule has 2 aliphatic heterocycles. The maximum atomic E-state index is 12.5. The Hall–Kier alpha value is -1.84. The molecule has 1 amide bonds. The fourth-order valence-corrected chi connectivity index (χ4v) is 4.68. The maximum Gasteiger partial charge on any atom is 0.351 e. The summed E-state index contributed by atoms with van der Waals surface area (Å²) in [5, 5.41) is 36.0. The van der Waals surface area contributed by atoms with Gasteiger partial charge >= 0.3 is 5.69 Å². The fraction of sp³-hybridized carbons (Fsp3) is 0.682. The number of aliphatic hydroxyl groups excluding tert-OH is 3. The Morgan fingerprint density at radius 3 is 2.57 bits per heavy atom. The number of thioether (sulfide) groups is 1. The van der Waals surface area contributed by atoms with Crippen LogP contribution in [0.15, 0.2) is 28.5 Å². The molecule has 13 heteroatoms. The van der Waals surface area contributed by atoms with Crippen molar-refractivity contribution in [3.05, 3.63) is 34.2 Å². The quantitative estimate of drug-likeness (QED) is 0.348. The van der Waals surface area contributed by atoms with Crippen LogP contribution in [0.25, 0.3) is 0 Å². The number of hydrogen-bond donors (Lipinski definition) is 4. The van der Waals surface area contributed by atoms with Gasteiger partial charge in [0, 0.05) is 18.7 Å². The van der Waals surface area contributed by atoms with Crippen LogP contribution in [0.1, 0.15) is 26.5 Å². The molecule has 35 heavy (non-hydrogen) atoms. The van der Waals surface area contributed by atoms with Crippen LogP contribution >= 0.6 is 11.8 Å². The predicted octanol–water partition coefficient (Wildman–Crippen LogP) is -0.491. The zero-order valence-electron chi connectivity index (χ0n) is 20.3. The lowest BCUT2D eigenvalue weighted by Crippen LogP contribution is -2.63. The van der Waals surface area contributed by atoms with Gasteiger partial charge in [-0.25, -0.2) is 4.79 Å². The molecule has 196 valence electrons. The van der Waals surface area contributed by atoms with Crippen molar-refractivity contribution in [2.45, 2.75) is 75.5 Å². The second-order valence-electron chi connectivity index (χ2n) is 8.87. The van der Waals surface area contributed by atoms with Crippen molar-refractivity contribution in [3.8, 4) is 0 Å². The molecule has 3 rings (SSSR count). The number of carbonyl (C=O) groups is 1. The van der Waals surface area contributed by atoms with Crippen LogP contribution in [0.3, 0.4) is 0 Å². The van der Waals surface area contributed by atoms with Crippen molar-refractivity contribution in [1.82, 2.24) is 14.5 Å². The third-order valence-corrected chi connectivity index (χ3v) is 6.51. The molecule has 0 bridgehead atoms. The summed E-state index contributed by atoms with van der Waals surface area (Å²) in [7, 11) is 3.56. The minimum Gasteiger partial charge on any atom is -0.390 e. The number of ether oxygens (including phenoxy) is 3. The van der Waals surface area contributed by atoms with Gasteiger partial charge in [-0.05, 0) is 45.7 Å².